The highest BCUT2D eigenvalue weighted by molar-refractivity contribution is 7.09. The van der Waals surface area contributed by atoms with Crippen molar-refractivity contribution in [3.05, 3.63) is 87.6 Å². The van der Waals surface area contributed by atoms with Crippen LogP contribution in [0.15, 0.2) is 66.0 Å². The fraction of sp³-hybridized carbons (Fsp3) is 0.379. The van der Waals surface area contributed by atoms with Gasteiger partial charge in [-0.25, -0.2) is 4.79 Å². The molecule has 0 saturated carbocycles. The number of rotatable bonds is 11. The summed E-state index contributed by atoms with van der Waals surface area (Å²) in [6, 6.07) is 20.3. The normalized spacial score (nSPS) is 15.0. The maximum atomic E-state index is 12.5. The van der Waals surface area contributed by atoms with Gasteiger partial charge < -0.3 is 10.1 Å². The van der Waals surface area contributed by atoms with Crippen LogP contribution in [0.1, 0.15) is 41.3 Å². The molecule has 1 amide bonds. The van der Waals surface area contributed by atoms with E-state index in [1.54, 1.807) is 0 Å². The molecule has 184 valence electrons. The van der Waals surface area contributed by atoms with E-state index in [-0.39, 0.29) is 18.9 Å². The van der Waals surface area contributed by atoms with Gasteiger partial charge in [-0.15, -0.1) is 11.3 Å². The molecule has 1 heterocycles. The number of fused-ring (bicyclic) bond motifs is 1. The number of hydrogen-bond acceptors (Lipinski definition) is 5. The van der Waals surface area contributed by atoms with Crippen LogP contribution in [0.5, 0.6) is 5.75 Å². The van der Waals surface area contributed by atoms with Crippen molar-refractivity contribution in [3.63, 3.8) is 0 Å². The number of amides is 1. The van der Waals surface area contributed by atoms with Crippen molar-refractivity contribution >= 4 is 23.2 Å². The predicted molar refractivity (Wildman–Crippen MR) is 141 cm³/mol. The van der Waals surface area contributed by atoms with Gasteiger partial charge in [-0.2, -0.15) is 0 Å². The van der Waals surface area contributed by atoms with Crippen LogP contribution in [0.3, 0.4) is 0 Å². The molecule has 0 aliphatic heterocycles. The van der Waals surface area contributed by atoms with Crippen LogP contribution >= 0.6 is 11.3 Å². The summed E-state index contributed by atoms with van der Waals surface area (Å²) >= 11 is 1.83. The summed E-state index contributed by atoms with van der Waals surface area (Å²) in [7, 11) is 0. The number of nitrogens with one attached hydrogen (secondary N) is 1. The average Bonchev–Trinajstić information content (AvgIpc) is 3.39. The first kappa shape index (κ1) is 25.1. The van der Waals surface area contributed by atoms with Crippen LogP contribution in [0.25, 0.3) is 0 Å². The number of benzene rings is 2. The van der Waals surface area contributed by atoms with Crippen molar-refractivity contribution in [2.75, 3.05) is 19.6 Å². The number of carbonyl (C=O) groups is 2. The summed E-state index contributed by atoms with van der Waals surface area (Å²) in [5.74, 6) is -0.000903. The lowest BCUT2D eigenvalue weighted by atomic mass is 9.86. The Labute approximate surface area is 212 Å². The van der Waals surface area contributed by atoms with Crippen molar-refractivity contribution < 1.29 is 14.3 Å². The molecule has 1 aliphatic rings. The quantitative estimate of drug-likeness (QED) is 0.309. The lowest BCUT2D eigenvalue weighted by molar-refractivity contribution is -0.135. The molecule has 1 unspecified atom stereocenters. The molecule has 0 spiro atoms. The lowest BCUT2D eigenvalue weighted by Crippen LogP contribution is -2.41. The van der Waals surface area contributed by atoms with Crippen LogP contribution in [-0.4, -0.2) is 42.5 Å². The number of nitrogens with zero attached hydrogens (tertiary/aromatic N) is 1. The summed E-state index contributed by atoms with van der Waals surface area (Å²) < 4.78 is 5.69. The maximum absolute atomic E-state index is 12.5. The summed E-state index contributed by atoms with van der Waals surface area (Å²) in [6.07, 6.45) is 5.40. The molecule has 1 aliphatic carbocycles. The summed E-state index contributed by atoms with van der Waals surface area (Å²) in [4.78, 5) is 28.7. The Balaban J connectivity index is 1.31. The number of ether oxygens (including phenoxy) is 1. The molecule has 0 bridgehead atoms. The van der Waals surface area contributed by atoms with E-state index in [1.165, 1.54) is 10.4 Å². The predicted octanol–water partition coefficient (Wildman–Crippen LogP) is 4.82. The van der Waals surface area contributed by atoms with Gasteiger partial charge in [0.1, 0.15) is 12.3 Å². The zero-order valence-electron chi connectivity index (χ0n) is 20.4. The van der Waals surface area contributed by atoms with Gasteiger partial charge in [0, 0.05) is 17.5 Å². The van der Waals surface area contributed by atoms with Crippen LogP contribution in [0.2, 0.25) is 0 Å². The second kappa shape index (κ2) is 12.7. The third-order valence-electron chi connectivity index (χ3n) is 6.53. The van der Waals surface area contributed by atoms with E-state index >= 15 is 0 Å². The summed E-state index contributed by atoms with van der Waals surface area (Å²) in [6.45, 7) is 4.28. The molecular weight excluding hydrogens is 456 g/mol. The van der Waals surface area contributed by atoms with Gasteiger partial charge in [0.25, 0.3) is 0 Å². The second-order valence-electron chi connectivity index (χ2n) is 9.07. The molecule has 4 rings (SSSR count). The molecule has 35 heavy (non-hydrogen) atoms. The minimum absolute atomic E-state index is 0.134. The first-order chi connectivity index (χ1) is 17.1. The standard InChI is InChI=1S/C29H34N2O3S/c1-2-16-31(17-15-25-11-7-18-35-25)24-13-14-26-23(20-24)10-6-12-27(26)34-29(33)21-30-28(32)19-22-8-4-3-5-9-22/h3-12,18,24H,2,13-17,19-21H2,1H3,(H,30,32). The monoisotopic (exact) mass is 490 g/mol. The Bertz CT molecular complexity index is 1100. The Hall–Kier alpha value is -2.96. The maximum Gasteiger partial charge on any atom is 0.330 e. The minimum Gasteiger partial charge on any atom is -0.425 e. The first-order valence-corrected chi connectivity index (χ1v) is 13.4. The molecule has 2 aromatic carbocycles. The molecule has 6 heteroatoms. The topological polar surface area (TPSA) is 58.6 Å². The van der Waals surface area contributed by atoms with Crippen LogP contribution in [0, 0.1) is 0 Å². The van der Waals surface area contributed by atoms with Crippen molar-refractivity contribution in [3.8, 4) is 5.75 Å². The average molecular weight is 491 g/mol. The van der Waals surface area contributed by atoms with E-state index in [0.29, 0.717) is 11.8 Å². The smallest absolute Gasteiger partial charge is 0.330 e. The fourth-order valence-corrected chi connectivity index (χ4v) is 5.50. The number of hydrogen-bond donors (Lipinski definition) is 1. The minimum atomic E-state index is -0.439. The van der Waals surface area contributed by atoms with Crippen molar-refractivity contribution in [1.29, 1.82) is 0 Å². The highest BCUT2D eigenvalue weighted by atomic mass is 32.1. The van der Waals surface area contributed by atoms with E-state index in [2.05, 4.69) is 40.7 Å². The molecule has 5 nitrogen and oxygen atoms in total. The van der Waals surface area contributed by atoms with Crippen molar-refractivity contribution in [2.24, 2.45) is 0 Å². The van der Waals surface area contributed by atoms with E-state index in [0.717, 1.165) is 56.3 Å². The molecule has 1 aromatic heterocycles. The van der Waals surface area contributed by atoms with Gasteiger partial charge in [0.05, 0.1) is 6.42 Å². The van der Waals surface area contributed by atoms with Gasteiger partial charge in [-0.05, 0) is 72.9 Å². The summed E-state index contributed by atoms with van der Waals surface area (Å²) in [5.41, 5.74) is 3.30. The van der Waals surface area contributed by atoms with Gasteiger partial charge in [-0.1, -0.05) is 55.5 Å². The van der Waals surface area contributed by atoms with Gasteiger partial charge in [0.2, 0.25) is 5.91 Å². The number of thiophene rings is 1. The Morgan fingerprint density at radius 2 is 1.91 bits per heavy atom. The van der Waals surface area contributed by atoms with Gasteiger partial charge >= 0.3 is 5.97 Å². The third-order valence-corrected chi connectivity index (χ3v) is 7.46. The first-order valence-electron chi connectivity index (χ1n) is 12.5. The number of carbonyl (C=O) groups excluding carboxylic acids is 2. The largest absolute Gasteiger partial charge is 0.425 e. The molecular formula is C29H34N2O3S. The van der Waals surface area contributed by atoms with E-state index in [1.807, 2.05) is 53.8 Å². The highest BCUT2D eigenvalue weighted by Crippen LogP contribution is 2.32. The van der Waals surface area contributed by atoms with Crippen LogP contribution in [0.4, 0.5) is 0 Å². The lowest BCUT2D eigenvalue weighted by Gasteiger charge is -2.35. The zero-order chi connectivity index (χ0) is 24.5. The highest BCUT2D eigenvalue weighted by Gasteiger charge is 2.26. The van der Waals surface area contributed by atoms with E-state index < -0.39 is 5.97 Å². The molecule has 0 radical (unpaired) electrons. The van der Waals surface area contributed by atoms with Crippen molar-refractivity contribution in [2.45, 2.75) is 51.5 Å². The van der Waals surface area contributed by atoms with Crippen LogP contribution in [-0.2, 0) is 35.3 Å². The zero-order valence-corrected chi connectivity index (χ0v) is 21.2. The third kappa shape index (κ3) is 7.26. The molecule has 0 fully saturated rings. The van der Waals surface area contributed by atoms with Crippen molar-refractivity contribution in [1.82, 2.24) is 10.2 Å². The molecule has 0 saturated heterocycles. The number of esters is 1. The molecule has 1 atom stereocenters. The Morgan fingerprint density at radius 1 is 1.06 bits per heavy atom. The second-order valence-corrected chi connectivity index (χ2v) is 10.1. The Kier molecular flexibility index (Phi) is 9.09. The molecule has 1 N–H and O–H groups in total. The molecule has 3 aromatic rings. The van der Waals surface area contributed by atoms with Crippen LogP contribution < -0.4 is 10.1 Å². The van der Waals surface area contributed by atoms with E-state index in [9.17, 15) is 9.59 Å². The SMILES string of the molecule is CCCN(CCc1cccs1)C1CCc2c(cccc2OC(=O)CNC(=O)Cc2ccccc2)C1. The van der Waals surface area contributed by atoms with E-state index in [4.69, 9.17) is 4.74 Å². The van der Waals surface area contributed by atoms with Gasteiger partial charge in [0.15, 0.2) is 0 Å². The summed E-state index contributed by atoms with van der Waals surface area (Å²) in [5, 5.41) is 4.82. The Morgan fingerprint density at radius 3 is 2.69 bits per heavy atom. The van der Waals surface area contributed by atoms with Gasteiger partial charge in [-0.3, -0.25) is 9.69 Å². The fourth-order valence-electron chi connectivity index (χ4n) is 4.81.